The summed E-state index contributed by atoms with van der Waals surface area (Å²) in [5.74, 6) is 0. The highest BCUT2D eigenvalue weighted by Crippen LogP contribution is 2.16. The molecule has 0 saturated carbocycles. The van der Waals surface area contributed by atoms with Gasteiger partial charge >= 0.3 is 0 Å². The van der Waals surface area contributed by atoms with Crippen LogP contribution in [0.3, 0.4) is 0 Å². The fraction of sp³-hybridized carbons (Fsp3) is 1.00. The van der Waals surface area contributed by atoms with Gasteiger partial charge in [-0.15, -0.1) is 0 Å². The average Bonchev–Trinajstić information content (AvgIpc) is 2.28. The predicted octanol–water partition coefficient (Wildman–Crippen LogP) is 2.64. The molecule has 2 heteroatoms. The minimum absolute atomic E-state index is 0.817. The predicted molar refractivity (Wildman–Crippen MR) is 67.3 cm³/mol. The van der Waals surface area contributed by atoms with Crippen LogP contribution in [0.2, 0.25) is 0 Å². The van der Waals surface area contributed by atoms with E-state index in [0.717, 1.165) is 6.04 Å². The summed E-state index contributed by atoms with van der Waals surface area (Å²) in [5.41, 5.74) is 0. The van der Waals surface area contributed by atoms with E-state index >= 15 is 0 Å². The minimum Gasteiger partial charge on any atom is -0.315 e. The van der Waals surface area contributed by atoms with E-state index in [-0.39, 0.29) is 0 Å². The molecule has 1 rings (SSSR count). The summed E-state index contributed by atoms with van der Waals surface area (Å²) in [7, 11) is 0. The second-order valence-corrected chi connectivity index (χ2v) is 4.74. The third-order valence-electron chi connectivity index (χ3n) is 3.35. The minimum atomic E-state index is 0.817. The highest BCUT2D eigenvalue weighted by Gasteiger charge is 2.20. The number of nitrogens with one attached hydrogen (secondary N) is 1. The smallest absolute Gasteiger partial charge is 0.0220 e. The molecule has 2 nitrogen and oxygen atoms in total. The Labute approximate surface area is 95.4 Å². The van der Waals surface area contributed by atoms with Crippen molar-refractivity contribution in [1.29, 1.82) is 0 Å². The first-order valence-electron chi connectivity index (χ1n) is 6.83. The lowest BCUT2D eigenvalue weighted by Crippen LogP contribution is -2.45. The van der Waals surface area contributed by atoms with Gasteiger partial charge in [0.15, 0.2) is 0 Å². The molecule has 1 atom stereocenters. The summed E-state index contributed by atoms with van der Waals surface area (Å²) in [4.78, 5) is 2.70. The summed E-state index contributed by atoms with van der Waals surface area (Å²) in [6, 6.07) is 0.817. The van der Waals surface area contributed by atoms with Gasteiger partial charge in [-0.25, -0.2) is 0 Å². The Hall–Kier alpha value is -0.0800. The molecule has 1 aliphatic rings. The number of unbranched alkanes of at least 4 members (excludes halogenated alkanes) is 1. The third-order valence-corrected chi connectivity index (χ3v) is 3.35. The van der Waals surface area contributed by atoms with Crippen molar-refractivity contribution < 1.29 is 0 Å². The molecular formula is C13H28N2. The molecule has 0 aliphatic carbocycles. The van der Waals surface area contributed by atoms with Crippen LogP contribution >= 0.6 is 0 Å². The fourth-order valence-electron chi connectivity index (χ4n) is 2.39. The third kappa shape index (κ3) is 4.98. The Morgan fingerprint density at radius 2 is 2.07 bits per heavy atom. The molecule has 1 aliphatic heterocycles. The van der Waals surface area contributed by atoms with E-state index in [0.29, 0.717) is 0 Å². The molecule has 90 valence electrons. The molecule has 0 aromatic carbocycles. The summed E-state index contributed by atoms with van der Waals surface area (Å²) in [6.45, 7) is 9.56. The van der Waals surface area contributed by atoms with Crippen molar-refractivity contribution in [2.75, 3.05) is 26.2 Å². The van der Waals surface area contributed by atoms with Crippen LogP contribution < -0.4 is 5.32 Å². The molecule has 1 saturated heterocycles. The Kier molecular flexibility index (Phi) is 7.03. The Morgan fingerprint density at radius 1 is 1.20 bits per heavy atom. The van der Waals surface area contributed by atoms with Crippen molar-refractivity contribution in [2.24, 2.45) is 0 Å². The van der Waals surface area contributed by atoms with E-state index in [1.807, 2.05) is 0 Å². The van der Waals surface area contributed by atoms with Crippen molar-refractivity contribution in [1.82, 2.24) is 10.2 Å². The van der Waals surface area contributed by atoms with Gasteiger partial charge in [-0.1, -0.05) is 26.7 Å². The van der Waals surface area contributed by atoms with Gasteiger partial charge in [0.05, 0.1) is 0 Å². The second kappa shape index (κ2) is 8.12. The number of nitrogens with zero attached hydrogens (tertiary/aromatic N) is 1. The summed E-state index contributed by atoms with van der Waals surface area (Å²) >= 11 is 0. The number of hydrogen-bond donors (Lipinski definition) is 1. The summed E-state index contributed by atoms with van der Waals surface area (Å²) in [5, 5.41) is 3.57. The van der Waals surface area contributed by atoms with Gasteiger partial charge in [0.2, 0.25) is 0 Å². The number of piperidine rings is 1. The van der Waals surface area contributed by atoms with E-state index in [4.69, 9.17) is 0 Å². The lowest BCUT2D eigenvalue weighted by molar-refractivity contribution is 0.143. The number of hydrogen-bond acceptors (Lipinski definition) is 2. The van der Waals surface area contributed by atoms with Crippen molar-refractivity contribution in [3.05, 3.63) is 0 Å². The van der Waals surface area contributed by atoms with E-state index in [1.165, 1.54) is 64.7 Å². The fourth-order valence-corrected chi connectivity index (χ4v) is 2.39. The molecular weight excluding hydrogens is 184 g/mol. The van der Waals surface area contributed by atoms with Gasteiger partial charge in [0.25, 0.3) is 0 Å². The highest BCUT2D eigenvalue weighted by atomic mass is 15.2. The molecule has 0 spiro atoms. The molecule has 1 N–H and O–H groups in total. The van der Waals surface area contributed by atoms with Crippen molar-refractivity contribution in [3.63, 3.8) is 0 Å². The maximum Gasteiger partial charge on any atom is 0.0220 e. The van der Waals surface area contributed by atoms with Crippen LogP contribution in [0, 0.1) is 0 Å². The highest BCUT2D eigenvalue weighted by molar-refractivity contribution is 4.78. The SMILES string of the molecule is CCCCN1CCCC[C@H]1CNCCC. The molecule has 0 radical (unpaired) electrons. The normalized spacial score (nSPS) is 23.2. The van der Waals surface area contributed by atoms with Crippen molar-refractivity contribution in [2.45, 2.75) is 58.4 Å². The van der Waals surface area contributed by atoms with Crippen LogP contribution in [0.4, 0.5) is 0 Å². The van der Waals surface area contributed by atoms with Crippen LogP contribution in [0.1, 0.15) is 52.4 Å². The van der Waals surface area contributed by atoms with Crippen LogP contribution in [0.5, 0.6) is 0 Å². The monoisotopic (exact) mass is 212 g/mol. The van der Waals surface area contributed by atoms with Gasteiger partial charge in [0.1, 0.15) is 0 Å². The van der Waals surface area contributed by atoms with E-state index in [1.54, 1.807) is 0 Å². The van der Waals surface area contributed by atoms with Gasteiger partial charge in [-0.2, -0.15) is 0 Å². The lowest BCUT2D eigenvalue weighted by Gasteiger charge is -2.36. The maximum absolute atomic E-state index is 3.57. The number of rotatable bonds is 7. The Morgan fingerprint density at radius 3 is 2.80 bits per heavy atom. The van der Waals surface area contributed by atoms with E-state index < -0.39 is 0 Å². The van der Waals surface area contributed by atoms with Gasteiger partial charge < -0.3 is 5.32 Å². The van der Waals surface area contributed by atoms with E-state index in [2.05, 4.69) is 24.1 Å². The molecule has 0 unspecified atom stereocenters. The Bertz CT molecular complexity index is 147. The first-order chi connectivity index (χ1) is 7.38. The van der Waals surface area contributed by atoms with Crippen LogP contribution in [0.25, 0.3) is 0 Å². The topological polar surface area (TPSA) is 15.3 Å². The zero-order valence-corrected chi connectivity index (χ0v) is 10.6. The molecule has 0 amide bonds. The van der Waals surface area contributed by atoms with Crippen molar-refractivity contribution >= 4 is 0 Å². The Balaban J connectivity index is 2.22. The molecule has 0 aromatic rings. The summed E-state index contributed by atoms with van der Waals surface area (Å²) < 4.78 is 0. The molecule has 0 aromatic heterocycles. The quantitative estimate of drug-likeness (QED) is 0.653. The van der Waals surface area contributed by atoms with Gasteiger partial charge in [0, 0.05) is 12.6 Å². The van der Waals surface area contributed by atoms with Crippen LogP contribution in [-0.2, 0) is 0 Å². The van der Waals surface area contributed by atoms with Gasteiger partial charge in [-0.05, 0) is 45.3 Å². The maximum atomic E-state index is 3.57. The molecule has 1 heterocycles. The largest absolute Gasteiger partial charge is 0.315 e. The van der Waals surface area contributed by atoms with Gasteiger partial charge in [-0.3, -0.25) is 4.90 Å². The van der Waals surface area contributed by atoms with Crippen LogP contribution in [-0.4, -0.2) is 37.1 Å². The van der Waals surface area contributed by atoms with E-state index in [9.17, 15) is 0 Å². The molecule has 15 heavy (non-hydrogen) atoms. The summed E-state index contributed by atoms with van der Waals surface area (Å²) in [6.07, 6.45) is 8.19. The van der Waals surface area contributed by atoms with Crippen molar-refractivity contribution in [3.8, 4) is 0 Å². The lowest BCUT2D eigenvalue weighted by atomic mass is 10.0. The standard InChI is InChI=1S/C13H28N2/c1-3-5-10-15-11-7-6-8-13(15)12-14-9-4-2/h13-14H,3-12H2,1-2H3/t13-/m0/s1. The second-order valence-electron chi connectivity index (χ2n) is 4.74. The zero-order valence-electron chi connectivity index (χ0n) is 10.6. The first kappa shape index (κ1) is 13.0. The molecule has 1 fully saturated rings. The first-order valence-corrected chi connectivity index (χ1v) is 6.83. The average molecular weight is 212 g/mol. The number of likely N-dealkylation sites (tertiary alicyclic amines) is 1. The molecule has 0 bridgehead atoms. The van der Waals surface area contributed by atoms with Crippen LogP contribution in [0.15, 0.2) is 0 Å². The zero-order chi connectivity index (χ0) is 10.9.